The van der Waals surface area contributed by atoms with Crippen molar-refractivity contribution in [3.8, 4) is 5.75 Å². The van der Waals surface area contributed by atoms with Crippen molar-refractivity contribution in [1.82, 2.24) is 5.32 Å². The fourth-order valence-electron chi connectivity index (χ4n) is 1.48. The molecule has 0 aliphatic carbocycles. The lowest BCUT2D eigenvalue weighted by Crippen LogP contribution is -2.22. The minimum absolute atomic E-state index is 0.465. The smallest absolute Gasteiger partial charge is 0.123 e. The van der Waals surface area contributed by atoms with E-state index in [1.54, 1.807) is 0 Å². The van der Waals surface area contributed by atoms with E-state index in [4.69, 9.17) is 4.74 Å². The first-order chi connectivity index (χ1) is 8.49. The van der Waals surface area contributed by atoms with E-state index in [2.05, 4.69) is 47.7 Å². The number of halogens is 1. The van der Waals surface area contributed by atoms with Crippen LogP contribution < -0.4 is 10.1 Å². The molecular weight excluding hydrogens is 290 g/mol. The fourth-order valence-corrected chi connectivity index (χ4v) is 1.88. The quantitative estimate of drug-likeness (QED) is 0.758. The molecule has 0 heterocycles. The predicted octanol–water partition coefficient (Wildman–Crippen LogP) is 4.29. The molecule has 0 aliphatic rings. The molecule has 1 rings (SSSR count). The molecule has 1 aromatic rings. The SMILES string of the molecule is C=C(C)CCOc1ccc(Br)cc1CNC(C)C. The van der Waals surface area contributed by atoms with Gasteiger partial charge >= 0.3 is 0 Å². The first-order valence-electron chi connectivity index (χ1n) is 6.28. The summed E-state index contributed by atoms with van der Waals surface area (Å²) in [5.74, 6) is 0.951. The third kappa shape index (κ3) is 5.69. The minimum atomic E-state index is 0.465. The second kappa shape index (κ2) is 7.59. The highest BCUT2D eigenvalue weighted by molar-refractivity contribution is 9.10. The first-order valence-corrected chi connectivity index (χ1v) is 7.07. The van der Waals surface area contributed by atoms with Gasteiger partial charge in [-0.2, -0.15) is 0 Å². The molecule has 0 radical (unpaired) electrons. The van der Waals surface area contributed by atoms with Crippen LogP contribution in [0.4, 0.5) is 0 Å². The molecule has 0 saturated heterocycles. The van der Waals surface area contributed by atoms with Crippen molar-refractivity contribution in [3.05, 3.63) is 40.4 Å². The van der Waals surface area contributed by atoms with Gasteiger partial charge in [0.2, 0.25) is 0 Å². The molecule has 100 valence electrons. The van der Waals surface area contributed by atoms with Crippen molar-refractivity contribution in [2.45, 2.75) is 39.8 Å². The van der Waals surface area contributed by atoms with Crippen molar-refractivity contribution in [1.29, 1.82) is 0 Å². The van der Waals surface area contributed by atoms with Crippen LogP contribution in [0.1, 0.15) is 32.8 Å². The molecule has 0 fully saturated rings. The Balaban J connectivity index is 2.66. The normalized spacial score (nSPS) is 10.7. The van der Waals surface area contributed by atoms with E-state index in [9.17, 15) is 0 Å². The van der Waals surface area contributed by atoms with Crippen LogP contribution in [-0.4, -0.2) is 12.6 Å². The van der Waals surface area contributed by atoms with E-state index in [0.717, 1.165) is 28.8 Å². The molecule has 0 unspecified atom stereocenters. The van der Waals surface area contributed by atoms with Crippen LogP contribution in [0.3, 0.4) is 0 Å². The molecular formula is C15H22BrNO. The predicted molar refractivity (Wildman–Crippen MR) is 81.0 cm³/mol. The van der Waals surface area contributed by atoms with Crippen molar-refractivity contribution in [3.63, 3.8) is 0 Å². The van der Waals surface area contributed by atoms with Crippen LogP contribution in [0.2, 0.25) is 0 Å². The zero-order valence-corrected chi connectivity index (χ0v) is 13.0. The van der Waals surface area contributed by atoms with Gasteiger partial charge in [0.05, 0.1) is 6.61 Å². The van der Waals surface area contributed by atoms with Gasteiger partial charge in [-0.1, -0.05) is 35.4 Å². The molecule has 0 bridgehead atoms. The van der Waals surface area contributed by atoms with Gasteiger partial charge in [-0.25, -0.2) is 0 Å². The maximum absolute atomic E-state index is 5.81. The summed E-state index contributed by atoms with van der Waals surface area (Å²) in [6.07, 6.45) is 0.896. The molecule has 1 N–H and O–H groups in total. The third-order valence-electron chi connectivity index (χ3n) is 2.51. The molecule has 0 spiro atoms. The molecule has 2 nitrogen and oxygen atoms in total. The van der Waals surface area contributed by atoms with Crippen LogP contribution in [-0.2, 0) is 6.54 Å². The zero-order chi connectivity index (χ0) is 13.5. The highest BCUT2D eigenvalue weighted by Gasteiger charge is 2.05. The lowest BCUT2D eigenvalue weighted by atomic mass is 10.2. The maximum Gasteiger partial charge on any atom is 0.123 e. The number of nitrogens with one attached hydrogen (secondary N) is 1. The summed E-state index contributed by atoms with van der Waals surface area (Å²) in [4.78, 5) is 0. The maximum atomic E-state index is 5.81. The van der Waals surface area contributed by atoms with E-state index < -0.39 is 0 Å². The highest BCUT2D eigenvalue weighted by Crippen LogP contribution is 2.23. The third-order valence-corrected chi connectivity index (χ3v) is 3.00. The highest BCUT2D eigenvalue weighted by atomic mass is 79.9. The monoisotopic (exact) mass is 311 g/mol. The summed E-state index contributed by atoms with van der Waals surface area (Å²) in [6.45, 7) is 11.7. The average Bonchev–Trinajstić information content (AvgIpc) is 2.28. The molecule has 0 amide bonds. The lowest BCUT2D eigenvalue weighted by molar-refractivity contribution is 0.317. The largest absolute Gasteiger partial charge is 0.493 e. The Hall–Kier alpha value is -0.800. The van der Waals surface area contributed by atoms with Gasteiger partial charge < -0.3 is 10.1 Å². The molecule has 3 heteroatoms. The first kappa shape index (κ1) is 15.3. The van der Waals surface area contributed by atoms with Crippen LogP contribution in [0.15, 0.2) is 34.8 Å². The van der Waals surface area contributed by atoms with Crippen LogP contribution in [0.5, 0.6) is 5.75 Å². The summed E-state index contributed by atoms with van der Waals surface area (Å²) in [5.41, 5.74) is 2.33. The van der Waals surface area contributed by atoms with E-state index in [1.165, 1.54) is 5.56 Å². The van der Waals surface area contributed by atoms with Crippen molar-refractivity contribution in [2.24, 2.45) is 0 Å². The molecule has 0 atom stereocenters. The van der Waals surface area contributed by atoms with Gasteiger partial charge in [-0.15, -0.1) is 6.58 Å². The fraction of sp³-hybridized carbons (Fsp3) is 0.467. The Bertz CT molecular complexity index is 401. The molecule has 1 aromatic carbocycles. The zero-order valence-electron chi connectivity index (χ0n) is 11.4. The summed E-state index contributed by atoms with van der Waals surface area (Å²) >= 11 is 3.50. The summed E-state index contributed by atoms with van der Waals surface area (Å²) in [6, 6.07) is 6.59. The van der Waals surface area contributed by atoms with Gasteiger partial charge in [0.15, 0.2) is 0 Å². The van der Waals surface area contributed by atoms with Gasteiger partial charge in [-0.05, 0) is 25.1 Å². The summed E-state index contributed by atoms with van der Waals surface area (Å²) in [5, 5.41) is 3.41. The van der Waals surface area contributed by atoms with Crippen LogP contribution in [0, 0.1) is 0 Å². The number of rotatable bonds is 7. The molecule has 0 aliphatic heterocycles. The van der Waals surface area contributed by atoms with E-state index in [1.807, 2.05) is 19.1 Å². The van der Waals surface area contributed by atoms with Gasteiger partial charge in [0, 0.05) is 29.0 Å². The van der Waals surface area contributed by atoms with Gasteiger partial charge in [-0.3, -0.25) is 0 Å². The minimum Gasteiger partial charge on any atom is -0.493 e. The number of hydrogen-bond acceptors (Lipinski definition) is 2. The molecule has 0 saturated carbocycles. The standard InChI is InChI=1S/C15H22BrNO/c1-11(2)7-8-18-15-6-5-14(16)9-13(15)10-17-12(3)4/h5-6,9,12,17H,1,7-8,10H2,2-4H3. The Labute approximate surface area is 119 Å². The van der Waals surface area contributed by atoms with E-state index >= 15 is 0 Å². The topological polar surface area (TPSA) is 21.3 Å². The van der Waals surface area contributed by atoms with Crippen molar-refractivity contribution in [2.75, 3.05) is 6.61 Å². The second-order valence-electron chi connectivity index (χ2n) is 4.84. The molecule has 18 heavy (non-hydrogen) atoms. The summed E-state index contributed by atoms with van der Waals surface area (Å²) in [7, 11) is 0. The number of benzene rings is 1. The molecule has 0 aromatic heterocycles. The van der Waals surface area contributed by atoms with E-state index in [0.29, 0.717) is 12.6 Å². The van der Waals surface area contributed by atoms with Crippen molar-refractivity contribution >= 4 is 15.9 Å². The van der Waals surface area contributed by atoms with Crippen molar-refractivity contribution < 1.29 is 4.74 Å². The van der Waals surface area contributed by atoms with Gasteiger partial charge in [0.1, 0.15) is 5.75 Å². The summed E-state index contributed by atoms with van der Waals surface area (Å²) < 4.78 is 6.89. The second-order valence-corrected chi connectivity index (χ2v) is 5.76. The van der Waals surface area contributed by atoms with Crippen LogP contribution in [0.25, 0.3) is 0 Å². The Morgan fingerprint density at radius 1 is 1.44 bits per heavy atom. The number of ether oxygens (including phenoxy) is 1. The average molecular weight is 312 g/mol. The van der Waals surface area contributed by atoms with E-state index in [-0.39, 0.29) is 0 Å². The Morgan fingerprint density at radius 2 is 2.17 bits per heavy atom. The van der Waals surface area contributed by atoms with Crippen LogP contribution >= 0.6 is 15.9 Å². The Morgan fingerprint density at radius 3 is 2.78 bits per heavy atom. The number of hydrogen-bond donors (Lipinski definition) is 1. The Kier molecular flexibility index (Phi) is 6.44. The van der Waals surface area contributed by atoms with Gasteiger partial charge in [0.25, 0.3) is 0 Å². The lowest BCUT2D eigenvalue weighted by Gasteiger charge is -2.14.